The van der Waals surface area contributed by atoms with E-state index >= 15 is 0 Å². The van der Waals surface area contributed by atoms with Crippen LogP contribution in [0.15, 0.2) is 12.2 Å². The molecule has 0 bridgehead atoms. The fourth-order valence-corrected chi connectivity index (χ4v) is 0.571. The Kier molecular flexibility index (Phi) is 5.67. The van der Waals surface area contributed by atoms with Gasteiger partial charge in [0.25, 0.3) is 0 Å². The summed E-state index contributed by atoms with van der Waals surface area (Å²) in [5.74, 6) is 0. The Labute approximate surface area is 60.5 Å². The molecule has 0 saturated carbocycles. The van der Waals surface area contributed by atoms with Gasteiger partial charge in [-0.1, -0.05) is 19.1 Å². The van der Waals surface area contributed by atoms with Crippen molar-refractivity contribution in [1.29, 1.82) is 0 Å². The van der Waals surface area contributed by atoms with Crippen LogP contribution in [0.4, 0.5) is 0 Å². The number of allylic oxidation sites excluding steroid dienone is 2. The van der Waals surface area contributed by atoms with Crippen molar-refractivity contribution in [3.8, 4) is 0 Å². The average Bonchev–Trinajstić information content (AvgIpc) is 1.66. The van der Waals surface area contributed by atoms with Crippen LogP contribution in [0.25, 0.3) is 0 Å². The van der Waals surface area contributed by atoms with Gasteiger partial charge in [0.15, 0.2) is 0 Å². The van der Waals surface area contributed by atoms with Gasteiger partial charge in [0.1, 0.15) is 4.84 Å². The van der Waals surface area contributed by atoms with Crippen LogP contribution in [0.5, 0.6) is 0 Å². The van der Waals surface area contributed by atoms with E-state index in [1.165, 1.54) is 0 Å². The molecule has 0 radical (unpaired) electrons. The molecule has 2 heteroatoms. The van der Waals surface area contributed by atoms with Crippen LogP contribution < -0.4 is 0 Å². The second-order valence-electron chi connectivity index (χ2n) is 1.51. The highest BCUT2D eigenvalue weighted by molar-refractivity contribution is 6.44. The fraction of sp³-hybridized carbons (Fsp3) is 0.667. The Morgan fingerprint density at radius 2 is 2.00 bits per heavy atom. The molecule has 0 aliphatic heterocycles. The summed E-state index contributed by atoms with van der Waals surface area (Å²) in [6, 6.07) is 0. The van der Waals surface area contributed by atoms with Crippen molar-refractivity contribution in [2.45, 2.75) is 24.6 Å². The maximum absolute atomic E-state index is 5.43. The van der Waals surface area contributed by atoms with E-state index in [0.717, 1.165) is 12.8 Å². The van der Waals surface area contributed by atoms with Gasteiger partial charge in [0.05, 0.1) is 0 Å². The monoisotopic (exact) mass is 152 g/mol. The maximum Gasteiger partial charge on any atom is 0.111 e. The lowest BCUT2D eigenvalue weighted by atomic mass is 10.3. The van der Waals surface area contributed by atoms with Crippen LogP contribution in [-0.2, 0) is 0 Å². The first-order chi connectivity index (χ1) is 3.77. The van der Waals surface area contributed by atoms with E-state index in [2.05, 4.69) is 13.0 Å². The van der Waals surface area contributed by atoms with Gasteiger partial charge in [-0.3, -0.25) is 0 Å². The standard InChI is InChI=1S/C6H10Cl2/c1-2-3-4-5-6(7)8/h3-4,6H,2,5H2,1H3. The van der Waals surface area contributed by atoms with E-state index in [1.54, 1.807) is 0 Å². The molecule has 0 aromatic heterocycles. The second-order valence-corrected chi connectivity index (χ2v) is 2.78. The molecule has 0 heterocycles. The van der Waals surface area contributed by atoms with E-state index in [9.17, 15) is 0 Å². The van der Waals surface area contributed by atoms with Crippen LogP contribution in [0.2, 0.25) is 0 Å². The average molecular weight is 153 g/mol. The Hall–Kier alpha value is 0.320. The number of hydrogen-bond acceptors (Lipinski definition) is 0. The third-order valence-electron chi connectivity index (χ3n) is 0.717. The van der Waals surface area contributed by atoms with Gasteiger partial charge in [0, 0.05) is 0 Å². The lowest BCUT2D eigenvalue weighted by Gasteiger charge is -1.89. The number of alkyl halides is 2. The van der Waals surface area contributed by atoms with E-state index in [-0.39, 0.29) is 4.84 Å². The second kappa shape index (κ2) is 5.46. The zero-order valence-electron chi connectivity index (χ0n) is 4.90. The zero-order valence-corrected chi connectivity index (χ0v) is 6.41. The summed E-state index contributed by atoms with van der Waals surface area (Å²) in [6.45, 7) is 2.08. The van der Waals surface area contributed by atoms with Crippen LogP contribution in [0.3, 0.4) is 0 Å². The van der Waals surface area contributed by atoms with Crippen LogP contribution in [-0.4, -0.2) is 4.84 Å². The van der Waals surface area contributed by atoms with Crippen molar-refractivity contribution in [3.05, 3.63) is 12.2 Å². The number of hydrogen-bond donors (Lipinski definition) is 0. The molecule has 8 heavy (non-hydrogen) atoms. The number of halogens is 2. The Bertz CT molecular complexity index is 66.9. The molecule has 0 aromatic carbocycles. The molecular weight excluding hydrogens is 143 g/mol. The molecule has 0 fully saturated rings. The van der Waals surface area contributed by atoms with E-state index in [1.807, 2.05) is 6.08 Å². The predicted octanol–water partition coefficient (Wildman–Crippen LogP) is 3.15. The van der Waals surface area contributed by atoms with Gasteiger partial charge < -0.3 is 0 Å². The summed E-state index contributed by atoms with van der Waals surface area (Å²) >= 11 is 10.9. The van der Waals surface area contributed by atoms with Crippen molar-refractivity contribution in [1.82, 2.24) is 0 Å². The predicted molar refractivity (Wildman–Crippen MR) is 39.5 cm³/mol. The summed E-state index contributed by atoms with van der Waals surface area (Å²) < 4.78 is 0. The largest absolute Gasteiger partial charge is 0.111 e. The molecule has 0 rings (SSSR count). The smallest absolute Gasteiger partial charge is 0.105 e. The van der Waals surface area contributed by atoms with Crippen molar-refractivity contribution < 1.29 is 0 Å². The summed E-state index contributed by atoms with van der Waals surface area (Å²) in [7, 11) is 0. The topological polar surface area (TPSA) is 0 Å². The molecule has 0 N–H and O–H groups in total. The first kappa shape index (κ1) is 8.32. The van der Waals surface area contributed by atoms with Gasteiger partial charge in [-0.15, -0.1) is 23.2 Å². The quantitative estimate of drug-likeness (QED) is 0.431. The minimum absolute atomic E-state index is 0.238. The Morgan fingerprint density at radius 1 is 1.38 bits per heavy atom. The third kappa shape index (κ3) is 6.32. The molecule has 0 spiro atoms. The SMILES string of the molecule is CCC=CCC(Cl)Cl. The maximum atomic E-state index is 5.43. The van der Waals surface area contributed by atoms with E-state index in [0.29, 0.717) is 0 Å². The molecule has 0 aliphatic rings. The normalized spacial score (nSPS) is 11.5. The molecule has 0 nitrogen and oxygen atoms in total. The number of rotatable bonds is 3. The minimum atomic E-state index is -0.238. The Morgan fingerprint density at radius 3 is 2.38 bits per heavy atom. The first-order valence-electron chi connectivity index (χ1n) is 2.70. The third-order valence-corrected chi connectivity index (χ3v) is 1.07. The van der Waals surface area contributed by atoms with Crippen molar-refractivity contribution >= 4 is 23.2 Å². The highest BCUT2D eigenvalue weighted by Gasteiger charge is 1.90. The summed E-state index contributed by atoms with van der Waals surface area (Å²) in [5.41, 5.74) is 0. The first-order valence-corrected chi connectivity index (χ1v) is 3.57. The lowest BCUT2D eigenvalue weighted by Crippen LogP contribution is -1.79. The van der Waals surface area contributed by atoms with Gasteiger partial charge in [-0.25, -0.2) is 0 Å². The van der Waals surface area contributed by atoms with E-state index < -0.39 is 0 Å². The van der Waals surface area contributed by atoms with Gasteiger partial charge in [0.2, 0.25) is 0 Å². The summed E-state index contributed by atoms with van der Waals surface area (Å²) in [6.07, 6.45) is 5.86. The van der Waals surface area contributed by atoms with Crippen LogP contribution in [0, 0.1) is 0 Å². The van der Waals surface area contributed by atoms with Gasteiger partial charge in [-0.05, 0) is 12.8 Å². The van der Waals surface area contributed by atoms with Crippen LogP contribution >= 0.6 is 23.2 Å². The Balaban J connectivity index is 3.03. The molecule has 0 atom stereocenters. The molecule has 0 saturated heterocycles. The van der Waals surface area contributed by atoms with Gasteiger partial charge >= 0.3 is 0 Å². The summed E-state index contributed by atoms with van der Waals surface area (Å²) in [5, 5.41) is 0. The summed E-state index contributed by atoms with van der Waals surface area (Å²) in [4.78, 5) is -0.238. The van der Waals surface area contributed by atoms with Crippen molar-refractivity contribution in [3.63, 3.8) is 0 Å². The van der Waals surface area contributed by atoms with Crippen LogP contribution in [0.1, 0.15) is 19.8 Å². The zero-order chi connectivity index (χ0) is 6.41. The molecule has 0 amide bonds. The van der Waals surface area contributed by atoms with Gasteiger partial charge in [-0.2, -0.15) is 0 Å². The van der Waals surface area contributed by atoms with Crippen molar-refractivity contribution in [2.24, 2.45) is 0 Å². The minimum Gasteiger partial charge on any atom is -0.105 e. The molecule has 48 valence electrons. The molecule has 0 aromatic rings. The molecule has 0 aliphatic carbocycles. The highest BCUT2D eigenvalue weighted by Crippen LogP contribution is 2.06. The molecule has 0 unspecified atom stereocenters. The lowest BCUT2D eigenvalue weighted by molar-refractivity contribution is 1.12. The molecular formula is C6H10Cl2. The highest BCUT2D eigenvalue weighted by atomic mass is 35.5. The van der Waals surface area contributed by atoms with Crippen molar-refractivity contribution in [2.75, 3.05) is 0 Å². The fourth-order valence-electron chi connectivity index (χ4n) is 0.366. The van der Waals surface area contributed by atoms with E-state index in [4.69, 9.17) is 23.2 Å².